The molecule has 2 rings (SSSR count). The summed E-state index contributed by atoms with van der Waals surface area (Å²) in [6.45, 7) is -0.0755. The molecule has 0 aliphatic carbocycles. The normalized spacial score (nSPS) is 9.76. The van der Waals surface area contributed by atoms with E-state index in [0.29, 0.717) is 5.69 Å². The molecule has 0 aliphatic rings. The molecule has 0 saturated carbocycles. The topological polar surface area (TPSA) is 59.6 Å². The van der Waals surface area contributed by atoms with E-state index in [-0.39, 0.29) is 27.7 Å². The van der Waals surface area contributed by atoms with E-state index in [1.807, 2.05) is 12.1 Å². The minimum absolute atomic E-state index is 0.0755. The first-order valence-corrected chi connectivity index (χ1v) is 6.66. The number of benzene rings is 2. The summed E-state index contributed by atoms with van der Waals surface area (Å²) in [5.74, 6) is -1.32. The van der Waals surface area contributed by atoms with Gasteiger partial charge in [-0.15, -0.1) is 0 Å². The molecule has 0 fully saturated rings. The first kappa shape index (κ1) is 15.0. The highest BCUT2D eigenvalue weighted by molar-refractivity contribution is 9.10. The van der Waals surface area contributed by atoms with Crippen LogP contribution in [0.3, 0.4) is 0 Å². The zero-order valence-corrected chi connectivity index (χ0v) is 12.2. The smallest absolute Gasteiger partial charge is 0.145 e. The van der Waals surface area contributed by atoms with Gasteiger partial charge in [-0.25, -0.2) is 8.78 Å². The van der Waals surface area contributed by atoms with E-state index in [1.54, 1.807) is 6.07 Å². The highest BCUT2D eigenvalue weighted by atomic mass is 79.9. The van der Waals surface area contributed by atoms with Crippen LogP contribution in [0.1, 0.15) is 16.7 Å². The van der Waals surface area contributed by atoms with Crippen molar-refractivity contribution >= 4 is 21.6 Å². The van der Waals surface area contributed by atoms with Gasteiger partial charge in [0.25, 0.3) is 0 Å². The predicted octanol–water partition coefficient (Wildman–Crippen LogP) is 4.08. The van der Waals surface area contributed by atoms with Gasteiger partial charge in [0.15, 0.2) is 0 Å². The van der Waals surface area contributed by atoms with E-state index >= 15 is 0 Å². The van der Waals surface area contributed by atoms with Crippen LogP contribution in [0.2, 0.25) is 0 Å². The van der Waals surface area contributed by atoms with Gasteiger partial charge >= 0.3 is 0 Å². The Bertz CT molecular complexity index is 776. The second kappa shape index (κ2) is 6.34. The predicted molar refractivity (Wildman–Crippen MR) is 77.3 cm³/mol. The van der Waals surface area contributed by atoms with Crippen molar-refractivity contribution in [1.29, 1.82) is 10.5 Å². The number of nitrogens with zero attached hydrogens (tertiary/aromatic N) is 2. The average Bonchev–Trinajstić information content (AvgIpc) is 2.50. The number of nitrogens with one attached hydrogen (secondary N) is 1. The Kier molecular flexibility index (Phi) is 4.52. The van der Waals surface area contributed by atoms with E-state index in [9.17, 15) is 8.78 Å². The highest BCUT2D eigenvalue weighted by Gasteiger charge is 2.12. The van der Waals surface area contributed by atoms with Crippen LogP contribution in [-0.2, 0) is 6.54 Å². The molecule has 0 aromatic heterocycles. The molecule has 0 spiro atoms. The molecule has 0 bridgehead atoms. The molecule has 0 aliphatic heterocycles. The zero-order valence-electron chi connectivity index (χ0n) is 10.6. The Morgan fingerprint density at radius 3 is 2.43 bits per heavy atom. The van der Waals surface area contributed by atoms with E-state index in [0.717, 1.165) is 0 Å². The maximum absolute atomic E-state index is 13.8. The van der Waals surface area contributed by atoms with Gasteiger partial charge in [0.1, 0.15) is 23.8 Å². The van der Waals surface area contributed by atoms with Crippen molar-refractivity contribution in [3.05, 3.63) is 63.1 Å². The molecule has 3 nitrogen and oxygen atoms in total. The third-order valence-corrected chi connectivity index (χ3v) is 3.48. The number of halogens is 3. The fraction of sp³-hybridized carbons (Fsp3) is 0.0667. The number of rotatable bonds is 3. The number of anilines is 1. The standard InChI is InChI=1S/C15H8BrF2N3/c16-13-3-4-14(17)12(15(13)18)8-21-11-2-1-9(6-19)10(5-11)7-20/h1-5,21H,8H2. The van der Waals surface area contributed by atoms with Crippen molar-refractivity contribution in [2.75, 3.05) is 5.32 Å². The van der Waals surface area contributed by atoms with Gasteiger partial charge in [-0.1, -0.05) is 0 Å². The number of hydrogen-bond acceptors (Lipinski definition) is 3. The molecule has 0 heterocycles. The summed E-state index contributed by atoms with van der Waals surface area (Å²) in [4.78, 5) is 0. The van der Waals surface area contributed by atoms with Crippen LogP contribution in [0, 0.1) is 34.3 Å². The van der Waals surface area contributed by atoms with Gasteiger partial charge in [0, 0.05) is 17.8 Å². The molecule has 2 aromatic carbocycles. The minimum atomic E-state index is -0.670. The summed E-state index contributed by atoms with van der Waals surface area (Å²) >= 11 is 3.00. The van der Waals surface area contributed by atoms with Crippen molar-refractivity contribution in [2.24, 2.45) is 0 Å². The summed E-state index contributed by atoms with van der Waals surface area (Å²) in [5, 5.41) is 20.6. The Balaban J connectivity index is 2.24. The van der Waals surface area contributed by atoms with Crippen molar-refractivity contribution in [1.82, 2.24) is 0 Å². The quantitative estimate of drug-likeness (QED) is 0.851. The van der Waals surface area contributed by atoms with Crippen molar-refractivity contribution in [3.63, 3.8) is 0 Å². The van der Waals surface area contributed by atoms with Crippen molar-refractivity contribution < 1.29 is 8.78 Å². The molecule has 0 saturated heterocycles. The summed E-state index contributed by atoms with van der Waals surface area (Å²) in [7, 11) is 0. The fourth-order valence-electron chi connectivity index (χ4n) is 1.77. The molecule has 21 heavy (non-hydrogen) atoms. The first-order chi connectivity index (χ1) is 10.1. The molecule has 0 radical (unpaired) electrons. The molecule has 104 valence electrons. The molecule has 0 unspecified atom stereocenters. The lowest BCUT2D eigenvalue weighted by Crippen LogP contribution is -2.05. The monoisotopic (exact) mass is 347 g/mol. The molecular formula is C15H8BrF2N3. The van der Waals surface area contributed by atoms with Crippen LogP contribution in [0.4, 0.5) is 14.5 Å². The van der Waals surface area contributed by atoms with E-state index in [4.69, 9.17) is 10.5 Å². The minimum Gasteiger partial charge on any atom is -0.381 e. The largest absolute Gasteiger partial charge is 0.381 e. The van der Waals surface area contributed by atoms with Crippen LogP contribution in [0.5, 0.6) is 0 Å². The van der Waals surface area contributed by atoms with Crippen LogP contribution < -0.4 is 5.32 Å². The van der Waals surface area contributed by atoms with Gasteiger partial charge in [-0.3, -0.25) is 0 Å². The third-order valence-electron chi connectivity index (χ3n) is 2.87. The first-order valence-electron chi connectivity index (χ1n) is 5.87. The van der Waals surface area contributed by atoms with Crippen LogP contribution in [0.15, 0.2) is 34.8 Å². The summed E-state index contributed by atoms with van der Waals surface area (Å²) in [6, 6.07) is 10.8. The molecular weight excluding hydrogens is 340 g/mol. The highest BCUT2D eigenvalue weighted by Crippen LogP contribution is 2.23. The summed E-state index contributed by atoms with van der Waals surface area (Å²) < 4.78 is 27.6. The number of hydrogen-bond donors (Lipinski definition) is 1. The lowest BCUT2D eigenvalue weighted by atomic mass is 10.1. The van der Waals surface area contributed by atoms with Gasteiger partial charge < -0.3 is 5.32 Å². The van der Waals surface area contributed by atoms with E-state index in [2.05, 4.69) is 21.2 Å². The maximum Gasteiger partial charge on any atom is 0.145 e. The fourth-order valence-corrected chi connectivity index (χ4v) is 2.14. The van der Waals surface area contributed by atoms with Crippen LogP contribution in [-0.4, -0.2) is 0 Å². The Morgan fingerprint density at radius 2 is 1.76 bits per heavy atom. The van der Waals surface area contributed by atoms with Gasteiger partial charge in [0.05, 0.1) is 15.6 Å². The molecule has 2 aromatic rings. The van der Waals surface area contributed by atoms with Gasteiger partial charge in [-0.2, -0.15) is 10.5 Å². The van der Waals surface area contributed by atoms with Crippen molar-refractivity contribution in [2.45, 2.75) is 6.54 Å². The Morgan fingerprint density at radius 1 is 1.05 bits per heavy atom. The Hall–Kier alpha value is -2.44. The lowest BCUT2D eigenvalue weighted by molar-refractivity contribution is 0.555. The van der Waals surface area contributed by atoms with E-state index < -0.39 is 11.6 Å². The SMILES string of the molecule is N#Cc1ccc(NCc2c(F)ccc(Br)c2F)cc1C#N. The average molecular weight is 348 g/mol. The zero-order chi connectivity index (χ0) is 15.4. The third kappa shape index (κ3) is 3.18. The molecule has 0 amide bonds. The van der Waals surface area contributed by atoms with Crippen LogP contribution in [0.25, 0.3) is 0 Å². The summed E-state index contributed by atoms with van der Waals surface area (Å²) in [5.41, 5.74) is 0.858. The second-order valence-electron chi connectivity index (χ2n) is 4.16. The molecule has 6 heteroatoms. The maximum atomic E-state index is 13.8. The van der Waals surface area contributed by atoms with Gasteiger partial charge in [-0.05, 0) is 46.3 Å². The molecule has 1 N–H and O–H groups in total. The lowest BCUT2D eigenvalue weighted by Gasteiger charge is -2.10. The second-order valence-corrected chi connectivity index (χ2v) is 5.01. The molecule has 0 atom stereocenters. The van der Waals surface area contributed by atoms with Crippen LogP contribution >= 0.6 is 15.9 Å². The van der Waals surface area contributed by atoms with Crippen molar-refractivity contribution in [3.8, 4) is 12.1 Å². The number of nitriles is 2. The summed E-state index contributed by atoms with van der Waals surface area (Å²) in [6.07, 6.45) is 0. The van der Waals surface area contributed by atoms with E-state index in [1.165, 1.54) is 24.3 Å². The Labute approximate surface area is 128 Å². The van der Waals surface area contributed by atoms with Gasteiger partial charge in [0.2, 0.25) is 0 Å².